The molecule has 1 atom stereocenters. The number of nitrogens with two attached hydrogens (primary N) is 1. The Morgan fingerprint density at radius 3 is 2.84 bits per heavy atom. The molecule has 132 valence electrons. The number of nitrogens with zero attached hydrogens (tertiary/aromatic N) is 1. The number of thiazole rings is 1. The van der Waals surface area contributed by atoms with E-state index in [-0.39, 0.29) is 17.9 Å². The van der Waals surface area contributed by atoms with E-state index in [0.29, 0.717) is 18.7 Å². The van der Waals surface area contributed by atoms with E-state index in [4.69, 9.17) is 10.5 Å². The first kappa shape index (κ1) is 17.6. The number of fused-ring (bicyclic) bond motifs is 1. The Hall–Kier alpha value is -2.18. The number of aromatic nitrogens is 2. The maximum absolute atomic E-state index is 12.2. The second-order valence-corrected chi connectivity index (χ2v) is 7.37. The Morgan fingerprint density at radius 1 is 1.36 bits per heavy atom. The Balaban J connectivity index is 1.88. The zero-order valence-electron chi connectivity index (χ0n) is 14.7. The van der Waals surface area contributed by atoms with Gasteiger partial charge in [0.15, 0.2) is 5.69 Å². The van der Waals surface area contributed by atoms with E-state index in [0.717, 1.165) is 21.0 Å². The number of hydrogen-bond acceptors (Lipinski definition) is 5. The van der Waals surface area contributed by atoms with Gasteiger partial charge in [-0.15, -0.1) is 11.3 Å². The fourth-order valence-corrected chi connectivity index (χ4v) is 3.93. The summed E-state index contributed by atoms with van der Waals surface area (Å²) in [6.45, 7) is 6.23. The van der Waals surface area contributed by atoms with Gasteiger partial charge in [-0.2, -0.15) is 0 Å². The van der Waals surface area contributed by atoms with E-state index in [1.165, 1.54) is 16.7 Å². The van der Waals surface area contributed by atoms with Crippen LogP contribution in [0.2, 0.25) is 0 Å². The van der Waals surface area contributed by atoms with E-state index in [1.807, 2.05) is 38.2 Å². The highest BCUT2D eigenvalue weighted by Crippen LogP contribution is 2.32. The minimum Gasteiger partial charge on any atom is -0.461 e. The molecule has 0 saturated heterocycles. The number of aromatic amines is 1. The third-order valence-electron chi connectivity index (χ3n) is 4.10. The van der Waals surface area contributed by atoms with Gasteiger partial charge in [-0.1, -0.05) is 32.0 Å². The molecular weight excluding hydrogens is 334 g/mol. The monoisotopic (exact) mass is 357 g/mol. The Bertz CT molecular complexity index is 882. The molecule has 0 unspecified atom stereocenters. The van der Waals surface area contributed by atoms with E-state index < -0.39 is 0 Å². The van der Waals surface area contributed by atoms with E-state index in [9.17, 15) is 4.79 Å². The zero-order chi connectivity index (χ0) is 18.0. The number of hydrogen-bond donors (Lipinski definition) is 2. The first-order chi connectivity index (χ1) is 12.0. The number of para-hydroxylation sites is 1. The fraction of sp³-hybridized carbons (Fsp3) is 0.368. The van der Waals surface area contributed by atoms with Crippen LogP contribution in [-0.4, -0.2) is 22.5 Å². The van der Waals surface area contributed by atoms with Gasteiger partial charge in [0.1, 0.15) is 5.01 Å². The van der Waals surface area contributed by atoms with Crippen LogP contribution < -0.4 is 5.73 Å². The normalized spacial score (nSPS) is 12.7. The van der Waals surface area contributed by atoms with Gasteiger partial charge in [-0.25, -0.2) is 9.78 Å². The van der Waals surface area contributed by atoms with Crippen molar-refractivity contribution >= 4 is 28.2 Å². The molecule has 3 N–H and O–H groups in total. The summed E-state index contributed by atoms with van der Waals surface area (Å²) < 4.78 is 5.13. The van der Waals surface area contributed by atoms with Crippen LogP contribution in [0, 0.1) is 0 Å². The van der Waals surface area contributed by atoms with Crippen LogP contribution in [0.15, 0.2) is 30.5 Å². The molecule has 2 heterocycles. The van der Waals surface area contributed by atoms with Crippen LogP contribution in [0.3, 0.4) is 0 Å². The van der Waals surface area contributed by atoms with Crippen molar-refractivity contribution in [1.29, 1.82) is 0 Å². The molecule has 0 radical (unpaired) electrons. The molecule has 5 nitrogen and oxygen atoms in total. The number of nitrogens with one attached hydrogen (secondary N) is 1. The summed E-state index contributed by atoms with van der Waals surface area (Å²) in [6, 6.07) is 7.89. The quantitative estimate of drug-likeness (QED) is 0.649. The molecular formula is C19H23N3O2S. The predicted octanol–water partition coefficient (Wildman–Crippen LogP) is 4.17. The summed E-state index contributed by atoms with van der Waals surface area (Å²) >= 11 is 1.51. The van der Waals surface area contributed by atoms with Gasteiger partial charge in [-0.05, 0) is 30.9 Å². The van der Waals surface area contributed by atoms with Crippen LogP contribution in [0.1, 0.15) is 58.7 Å². The second kappa shape index (κ2) is 7.37. The molecule has 0 aliphatic heterocycles. The van der Waals surface area contributed by atoms with Gasteiger partial charge >= 0.3 is 5.97 Å². The molecule has 0 aliphatic rings. The molecule has 0 spiro atoms. The third-order valence-corrected chi connectivity index (χ3v) is 5.58. The highest BCUT2D eigenvalue weighted by molar-refractivity contribution is 7.12. The number of esters is 1. The number of rotatable bonds is 6. The first-order valence-electron chi connectivity index (χ1n) is 8.49. The molecule has 0 fully saturated rings. The van der Waals surface area contributed by atoms with Gasteiger partial charge in [0.2, 0.25) is 0 Å². The van der Waals surface area contributed by atoms with Gasteiger partial charge in [0.25, 0.3) is 0 Å². The topological polar surface area (TPSA) is 81.0 Å². The maximum atomic E-state index is 12.2. The number of ether oxygens (including phenoxy) is 1. The Kier molecular flexibility index (Phi) is 5.20. The summed E-state index contributed by atoms with van der Waals surface area (Å²) in [4.78, 5) is 20.9. The molecule has 2 aromatic heterocycles. The SMILES string of the molecule is CCOC(=O)c1nc([C@H](N)Cc2c[nH]c3ccccc23)sc1C(C)C. The molecule has 0 saturated carbocycles. The smallest absolute Gasteiger partial charge is 0.358 e. The number of carbonyl (C=O) groups is 1. The number of carbonyl (C=O) groups excluding carboxylic acids is 1. The summed E-state index contributed by atoms with van der Waals surface area (Å²) in [7, 11) is 0. The summed E-state index contributed by atoms with van der Waals surface area (Å²) in [5.74, 6) is -0.168. The molecule has 3 aromatic rings. The maximum Gasteiger partial charge on any atom is 0.358 e. The summed E-state index contributed by atoms with van der Waals surface area (Å²) in [5, 5.41) is 1.95. The highest BCUT2D eigenvalue weighted by Gasteiger charge is 2.24. The van der Waals surface area contributed by atoms with E-state index >= 15 is 0 Å². The van der Waals surface area contributed by atoms with Crippen LogP contribution in [0.5, 0.6) is 0 Å². The molecule has 1 aromatic carbocycles. The van der Waals surface area contributed by atoms with Crippen molar-refractivity contribution in [1.82, 2.24) is 9.97 Å². The third kappa shape index (κ3) is 3.60. The molecule has 25 heavy (non-hydrogen) atoms. The number of H-pyrrole nitrogens is 1. The molecule has 0 bridgehead atoms. The van der Waals surface area contributed by atoms with Gasteiger partial charge in [-0.3, -0.25) is 0 Å². The lowest BCUT2D eigenvalue weighted by Crippen LogP contribution is -2.14. The van der Waals surface area contributed by atoms with Crippen molar-refractivity contribution in [3.05, 3.63) is 51.6 Å². The van der Waals surface area contributed by atoms with Gasteiger partial charge in [0.05, 0.1) is 12.6 Å². The highest BCUT2D eigenvalue weighted by atomic mass is 32.1. The van der Waals surface area contributed by atoms with Gasteiger partial charge in [0, 0.05) is 22.0 Å². The lowest BCUT2D eigenvalue weighted by Gasteiger charge is -2.07. The van der Waals surface area contributed by atoms with Gasteiger partial charge < -0.3 is 15.5 Å². The fourth-order valence-electron chi connectivity index (χ4n) is 2.87. The van der Waals surface area contributed by atoms with Crippen molar-refractivity contribution in [2.75, 3.05) is 6.61 Å². The van der Waals surface area contributed by atoms with Crippen LogP contribution in [0.25, 0.3) is 10.9 Å². The largest absolute Gasteiger partial charge is 0.461 e. The second-order valence-electron chi connectivity index (χ2n) is 6.31. The van der Waals surface area contributed by atoms with Crippen LogP contribution in [0.4, 0.5) is 0 Å². The van der Waals surface area contributed by atoms with E-state index in [2.05, 4.69) is 16.0 Å². The minimum atomic E-state index is -0.368. The standard InChI is InChI=1S/C19H23N3O2S/c1-4-24-19(23)16-17(11(2)3)25-18(22-16)14(20)9-12-10-21-15-8-6-5-7-13(12)15/h5-8,10-11,14,21H,4,9,20H2,1-3H3/t14-/m1/s1. The van der Waals surface area contributed by atoms with Crippen molar-refractivity contribution < 1.29 is 9.53 Å². The van der Waals surface area contributed by atoms with E-state index in [1.54, 1.807) is 6.92 Å². The molecule has 3 rings (SSSR count). The number of benzene rings is 1. The van der Waals surface area contributed by atoms with Crippen molar-refractivity contribution in [3.8, 4) is 0 Å². The lowest BCUT2D eigenvalue weighted by molar-refractivity contribution is 0.0518. The summed E-state index contributed by atoms with van der Waals surface area (Å²) in [6.07, 6.45) is 2.66. The van der Waals surface area contributed by atoms with Crippen molar-refractivity contribution in [2.24, 2.45) is 5.73 Å². The average Bonchev–Trinajstić information content (AvgIpc) is 3.20. The van der Waals surface area contributed by atoms with Crippen molar-refractivity contribution in [3.63, 3.8) is 0 Å². The summed E-state index contributed by atoms with van der Waals surface area (Å²) in [5.41, 5.74) is 9.08. The average molecular weight is 357 g/mol. The minimum absolute atomic E-state index is 0.200. The Morgan fingerprint density at radius 2 is 2.12 bits per heavy atom. The first-order valence-corrected chi connectivity index (χ1v) is 9.31. The lowest BCUT2D eigenvalue weighted by atomic mass is 10.1. The molecule has 0 aliphatic carbocycles. The zero-order valence-corrected chi connectivity index (χ0v) is 15.5. The van der Waals surface area contributed by atoms with Crippen LogP contribution >= 0.6 is 11.3 Å². The van der Waals surface area contributed by atoms with Crippen molar-refractivity contribution in [2.45, 2.75) is 39.2 Å². The van der Waals surface area contributed by atoms with Crippen LogP contribution in [-0.2, 0) is 11.2 Å². The predicted molar refractivity (Wildman–Crippen MR) is 101 cm³/mol. The molecule has 6 heteroatoms. The Labute approximate surface area is 151 Å². The molecule has 0 amide bonds.